The van der Waals surface area contributed by atoms with E-state index in [1.807, 2.05) is 30.3 Å². The number of rotatable bonds is 7. The predicted molar refractivity (Wildman–Crippen MR) is 113 cm³/mol. The van der Waals surface area contributed by atoms with Gasteiger partial charge in [-0.25, -0.2) is 4.79 Å². The molecule has 0 radical (unpaired) electrons. The summed E-state index contributed by atoms with van der Waals surface area (Å²) in [5.74, 6) is -0.621. The molecule has 0 saturated heterocycles. The monoisotopic (exact) mass is 434 g/mol. The molecular formula is C22H20Cl2O5. The summed E-state index contributed by atoms with van der Waals surface area (Å²) in [7, 11) is 1.60. The van der Waals surface area contributed by atoms with Crippen LogP contribution in [0.4, 0.5) is 0 Å². The number of methoxy groups -OCH3 is 1. The van der Waals surface area contributed by atoms with Crippen LogP contribution in [0.15, 0.2) is 60.4 Å². The van der Waals surface area contributed by atoms with Crippen molar-refractivity contribution in [2.75, 3.05) is 13.7 Å². The van der Waals surface area contributed by atoms with Crippen LogP contribution < -0.4 is 4.74 Å². The van der Waals surface area contributed by atoms with E-state index >= 15 is 0 Å². The lowest BCUT2D eigenvalue weighted by atomic mass is 9.81. The molecule has 0 bridgehead atoms. The van der Waals surface area contributed by atoms with Crippen LogP contribution in [0, 0.1) is 0 Å². The van der Waals surface area contributed by atoms with Crippen molar-refractivity contribution in [1.29, 1.82) is 0 Å². The van der Waals surface area contributed by atoms with Gasteiger partial charge in [-0.2, -0.15) is 0 Å². The molecule has 2 aromatic carbocycles. The van der Waals surface area contributed by atoms with E-state index in [2.05, 4.69) is 0 Å². The Morgan fingerprint density at radius 1 is 1.17 bits per heavy atom. The maximum Gasteiger partial charge on any atom is 0.341 e. The summed E-state index contributed by atoms with van der Waals surface area (Å²) in [4.78, 5) is 10.7. The Morgan fingerprint density at radius 2 is 1.83 bits per heavy atom. The van der Waals surface area contributed by atoms with Crippen LogP contribution >= 0.6 is 23.2 Å². The van der Waals surface area contributed by atoms with E-state index in [-0.39, 0.29) is 11.5 Å². The molecule has 1 atom stereocenters. The van der Waals surface area contributed by atoms with E-state index in [9.17, 15) is 9.90 Å². The smallest absolute Gasteiger partial charge is 0.341 e. The SMILES string of the molecule is COC1(Cc2c(Cl)cc(OCC(=O)O)cc2Cl)C=CC(O)=C(c2ccccc2)C1. The van der Waals surface area contributed by atoms with Gasteiger partial charge in [0.15, 0.2) is 6.61 Å². The van der Waals surface area contributed by atoms with Crippen LogP contribution in [0.25, 0.3) is 5.57 Å². The van der Waals surface area contributed by atoms with Crippen molar-refractivity contribution < 1.29 is 24.5 Å². The molecule has 1 aliphatic rings. The molecule has 152 valence electrons. The molecule has 0 aromatic heterocycles. The van der Waals surface area contributed by atoms with Gasteiger partial charge in [-0.1, -0.05) is 53.5 Å². The van der Waals surface area contributed by atoms with Gasteiger partial charge in [0.1, 0.15) is 11.5 Å². The lowest BCUT2D eigenvalue weighted by molar-refractivity contribution is -0.139. The van der Waals surface area contributed by atoms with Crippen molar-refractivity contribution in [3.8, 4) is 5.75 Å². The molecule has 0 spiro atoms. The standard InChI is InChI=1S/C22H20Cl2O5/c1-28-22(8-7-20(25)16(11-22)14-5-3-2-4-6-14)12-17-18(23)9-15(10-19(17)24)29-13-21(26)27/h2-10,25H,11-13H2,1H3,(H,26,27). The Labute approximate surface area is 178 Å². The number of aliphatic hydroxyl groups is 1. The number of aliphatic carboxylic acids is 1. The van der Waals surface area contributed by atoms with E-state index in [0.29, 0.717) is 28.5 Å². The molecule has 1 aliphatic carbocycles. The molecule has 0 saturated carbocycles. The van der Waals surface area contributed by atoms with E-state index in [1.54, 1.807) is 19.3 Å². The minimum absolute atomic E-state index is 0.193. The van der Waals surface area contributed by atoms with Gasteiger partial charge in [-0.3, -0.25) is 0 Å². The van der Waals surface area contributed by atoms with Crippen molar-refractivity contribution in [2.24, 2.45) is 0 Å². The predicted octanol–water partition coefficient (Wildman–Crippen LogP) is 5.31. The van der Waals surface area contributed by atoms with Crippen molar-refractivity contribution >= 4 is 34.7 Å². The highest BCUT2D eigenvalue weighted by atomic mass is 35.5. The summed E-state index contributed by atoms with van der Waals surface area (Å²) in [5, 5.41) is 19.8. The fourth-order valence-electron chi connectivity index (χ4n) is 3.28. The van der Waals surface area contributed by atoms with E-state index in [4.69, 9.17) is 37.8 Å². The first-order chi connectivity index (χ1) is 13.8. The van der Waals surface area contributed by atoms with Crippen LogP contribution in [0.1, 0.15) is 17.5 Å². The highest BCUT2D eigenvalue weighted by Gasteiger charge is 2.34. The molecule has 0 aliphatic heterocycles. The largest absolute Gasteiger partial charge is 0.508 e. The first-order valence-electron chi connectivity index (χ1n) is 8.88. The molecule has 3 rings (SSSR count). The van der Waals surface area contributed by atoms with Crippen LogP contribution in [0.5, 0.6) is 5.75 Å². The van der Waals surface area contributed by atoms with Gasteiger partial charge in [0.05, 0.1) is 5.60 Å². The average Bonchev–Trinajstić information content (AvgIpc) is 2.71. The third-order valence-corrected chi connectivity index (χ3v) is 5.49. The third kappa shape index (κ3) is 4.93. The second-order valence-electron chi connectivity index (χ2n) is 6.73. The van der Waals surface area contributed by atoms with Crippen molar-refractivity contribution in [1.82, 2.24) is 0 Å². The highest BCUT2D eigenvalue weighted by molar-refractivity contribution is 6.36. The van der Waals surface area contributed by atoms with Gasteiger partial charge in [-0.05, 0) is 35.4 Å². The van der Waals surface area contributed by atoms with E-state index in [0.717, 1.165) is 11.1 Å². The van der Waals surface area contributed by atoms with Gasteiger partial charge in [-0.15, -0.1) is 0 Å². The van der Waals surface area contributed by atoms with E-state index < -0.39 is 18.2 Å². The molecule has 2 N–H and O–H groups in total. The highest BCUT2D eigenvalue weighted by Crippen LogP contribution is 2.40. The zero-order valence-electron chi connectivity index (χ0n) is 15.7. The van der Waals surface area contributed by atoms with Crippen LogP contribution in [-0.4, -0.2) is 35.5 Å². The summed E-state index contributed by atoms with van der Waals surface area (Å²) < 4.78 is 11.0. The lowest BCUT2D eigenvalue weighted by Crippen LogP contribution is -2.34. The van der Waals surface area contributed by atoms with Crippen molar-refractivity contribution in [3.05, 3.63) is 81.5 Å². The molecule has 7 heteroatoms. The Morgan fingerprint density at radius 3 is 2.41 bits per heavy atom. The van der Waals surface area contributed by atoms with E-state index in [1.165, 1.54) is 12.1 Å². The number of allylic oxidation sites excluding steroid dienone is 1. The first kappa shape index (κ1) is 21.2. The summed E-state index contributed by atoms with van der Waals surface area (Å²) in [6.07, 6.45) is 4.22. The number of hydrogen-bond acceptors (Lipinski definition) is 4. The number of carboxylic acids is 1. The number of halogens is 2. The summed E-state index contributed by atoms with van der Waals surface area (Å²) in [5.41, 5.74) is 1.57. The zero-order valence-corrected chi connectivity index (χ0v) is 17.2. The lowest BCUT2D eigenvalue weighted by Gasteiger charge is -2.34. The van der Waals surface area contributed by atoms with Crippen LogP contribution in [-0.2, 0) is 16.0 Å². The Bertz CT molecular complexity index is 945. The summed E-state index contributed by atoms with van der Waals surface area (Å²) in [6.45, 7) is -0.485. The van der Waals surface area contributed by atoms with Gasteiger partial charge in [0.2, 0.25) is 0 Å². The molecule has 29 heavy (non-hydrogen) atoms. The first-order valence-corrected chi connectivity index (χ1v) is 9.63. The molecule has 0 heterocycles. The minimum Gasteiger partial charge on any atom is -0.508 e. The number of aliphatic hydroxyl groups excluding tert-OH is 1. The van der Waals surface area contributed by atoms with Gasteiger partial charge < -0.3 is 19.7 Å². The third-order valence-electron chi connectivity index (χ3n) is 4.81. The van der Waals surface area contributed by atoms with Gasteiger partial charge in [0.25, 0.3) is 0 Å². The Hall–Kier alpha value is -2.47. The Balaban J connectivity index is 1.88. The molecule has 0 amide bonds. The number of carboxylic acid groups (broad SMARTS) is 1. The maximum absolute atomic E-state index is 10.7. The summed E-state index contributed by atoms with van der Waals surface area (Å²) >= 11 is 12.8. The second kappa shape index (κ2) is 8.91. The number of hydrogen-bond donors (Lipinski definition) is 2. The topological polar surface area (TPSA) is 76.0 Å². The molecule has 5 nitrogen and oxygen atoms in total. The normalized spacial score (nSPS) is 18.7. The Kier molecular flexibility index (Phi) is 6.52. The second-order valence-corrected chi connectivity index (χ2v) is 7.55. The van der Waals surface area contributed by atoms with Gasteiger partial charge in [0, 0.05) is 35.6 Å². The number of benzene rings is 2. The average molecular weight is 435 g/mol. The summed E-state index contributed by atoms with van der Waals surface area (Å²) in [6, 6.07) is 12.7. The number of carbonyl (C=O) groups is 1. The number of ether oxygens (including phenoxy) is 2. The van der Waals surface area contributed by atoms with Crippen molar-refractivity contribution in [3.63, 3.8) is 0 Å². The fraction of sp³-hybridized carbons (Fsp3) is 0.227. The van der Waals surface area contributed by atoms with Gasteiger partial charge >= 0.3 is 5.97 Å². The van der Waals surface area contributed by atoms with Crippen LogP contribution in [0.2, 0.25) is 10.0 Å². The fourth-order valence-corrected chi connectivity index (χ4v) is 3.88. The quantitative estimate of drug-likeness (QED) is 0.616. The van der Waals surface area contributed by atoms with Crippen LogP contribution in [0.3, 0.4) is 0 Å². The van der Waals surface area contributed by atoms with Crippen molar-refractivity contribution in [2.45, 2.75) is 18.4 Å². The minimum atomic E-state index is -1.09. The molecule has 2 aromatic rings. The molecule has 0 fully saturated rings. The molecule has 1 unspecified atom stereocenters. The maximum atomic E-state index is 10.7. The molecular weight excluding hydrogens is 415 g/mol. The zero-order chi connectivity index (χ0) is 21.0.